The van der Waals surface area contributed by atoms with Crippen LogP contribution in [0.5, 0.6) is 17.2 Å². The van der Waals surface area contributed by atoms with E-state index < -0.39 is 5.97 Å². The Balaban J connectivity index is 1.21. The molecule has 6 heteroatoms. The maximum atomic E-state index is 10.8. The highest BCUT2D eigenvalue weighted by Gasteiger charge is 2.17. The summed E-state index contributed by atoms with van der Waals surface area (Å²) in [4.78, 5) is 15.5. The van der Waals surface area contributed by atoms with Gasteiger partial charge in [-0.15, -0.1) is 0 Å². The van der Waals surface area contributed by atoms with Gasteiger partial charge in [-0.05, 0) is 42.0 Å². The molecule has 0 amide bonds. The first-order valence-electron chi connectivity index (χ1n) is 10.9. The summed E-state index contributed by atoms with van der Waals surface area (Å²) < 4.78 is 11.8. The molecule has 3 aromatic carbocycles. The fraction of sp³-hybridized carbons (Fsp3) is 0.269. The van der Waals surface area contributed by atoms with Crippen molar-refractivity contribution in [2.24, 2.45) is 0 Å². The molecule has 1 aliphatic rings. The lowest BCUT2D eigenvalue weighted by Crippen LogP contribution is -2.47. The van der Waals surface area contributed by atoms with Crippen molar-refractivity contribution in [3.8, 4) is 17.2 Å². The van der Waals surface area contributed by atoms with Crippen molar-refractivity contribution in [1.29, 1.82) is 0 Å². The smallest absolute Gasteiger partial charge is 0.307 e. The van der Waals surface area contributed by atoms with Gasteiger partial charge in [0.2, 0.25) is 0 Å². The highest BCUT2D eigenvalue weighted by atomic mass is 16.5. The molecule has 0 atom stereocenters. The Bertz CT molecular complexity index is 1000. The number of carboxylic acids is 1. The lowest BCUT2D eigenvalue weighted by Gasteiger charge is -2.36. The first-order chi connectivity index (χ1) is 15.7. The number of ether oxygens (including phenoxy) is 2. The Hall–Kier alpha value is -3.51. The first-order valence-corrected chi connectivity index (χ1v) is 10.9. The third kappa shape index (κ3) is 6.25. The van der Waals surface area contributed by atoms with Gasteiger partial charge < -0.3 is 19.5 Å². The highest BCUT2D eigenvalue weighted by Crippen LogP contribution is 2.26. The molecule has 3 aromatic rings. The number of rotatable bonds is 9. The minimum Gasteiger partial charge on any atom is -0.492 e. The number of hydrogen-bond acceptors (Lipinski definition) is 5. The van der Waals surface area contributed by atoms with Crippen LogP contribution in [-0.4, -0.2) is 55.3 Å². The molecule has 1 aliphatic heterocycles. The van der Waals surface area contributed by atoms with E-state index in [0.29, 0.717) is 6.61 Å². The van der Waals surface area contributed by atoms with E-state index in [4.69, 9.17) is 14.6 Å². The number of hydrogen-bond donors (Lipinski definition) is 1. The molecule has 1 N–H and O–H groups in total. The molecule has 0 bridgehead atoms. The van der Waals surface area contributed by atoms with Gasteiger partial charge in [-0.1, -0.05) is 36.4 Å². The molecule has 0 spiro atoms. The molecule has 166 valence electrons. The fourth-order valence-corrected chi connectivity index (χ4v) is 3.77. The van der Waals surface area contributed by atoms with Crippen molar-refractivity contribution >= 4 is 11.7 Å². The Morgan fingerprint density at radius 2 is 1.53 bits per heavy atom. The molecule has 0 unspecified atom stereocenters. The average Bonchev–Trinajstić information content (AvgIpc) is 2.81. The van der Waals surface area contributed by atoms with E-state index in [0.717, 1.165) is 55.5 Å². The standard InChI is InChI=1S/C26H28N2O4/c29-26(30)19-21-9-11-23(12-10-21)31-18-17-27-13-15-28(16-14-27)22-5-4-8-25(20-22)32-24-6-2-1-3-7-24/h1-12,20H,13-19H2,(H,29,30). The normalized spacial score (nSPS) is 14.2. The summed E-state index contributed by atoms with van der Waals surface area (Å²) in [7, 11) is 0. The Kier molecular flexibility index (Phi) is 7.25. The predicted octanol–water partition coefficient (Wildman–Crippen LogP) is 4.31. The number of carboxylic acid groups (broad SMARTS) is 1. The van der Waals surface area contributed by atoms with Crippen LogP contribution in [0, 0.1) is 0 Å². The highest BCUT2D eigenvalue weighted by molar-refractivity contribution is 5.70. The summed E-state index contributed by atoms with van der Waals surface area (Å²) >= 11 is 0. The van der Waals surface area contributed by atoms with Crippen molar-refractivity contribution in [2.45, 2.75) is 6.42 Å². The van der Waals surface area contributed by atoms with Gasteiger partial charge in [0.05, 0.1) is 6.42 Å². The van der Waals surface area contributed by atoms with E-state index in [1.54, 1.807) is 12.1 Å². The molecule has 0 aromatic heterocycles. The summed E-state index contributed by atoms with van der Waals surface area (Å²) in [5.41, 5.74) is 1.95. The van der Waals surface area contributed by atoms with Crippen molar-refractivity contribution in [2.75, 3.05) is 44.2 Å². The molecule has 1 saturated heterocycles. The Morgan fingerprint density at radius 1 is 0.812 bits per heavy atom. The molecule has 1 heterocycles. The molecule has 0 aliphatic carbocycles. The minimum absolute atomic E-state index is 0.0336. The minimum atomic E-state index is -0.826. The third-order valence-corrected chi connectivity index (χ3v) is 5.49. The van der Waals surface area contributed by atoms with E-state index >= 15 is 0 Å². The second-order valence-corrected chi connectivity index (χ2v) is 7.80. The monoisotopic (exact) mass is 432 g/mol. The molecule has 0 radical (unpaired) electrons. The van der Waals surface area contributed by atoms with E-state index in [1.807, 2.05) is 54.6 Å². The zero-order valence-electron chi connectivity index (χ0n) is 18.0. The van der Waals surface area contributed by atoms with Gasteiger partial charge in [-0.25, -0.2) is 0 Å². The van der Waals surface area contributed by atoms with Crippen LogP contribution in [-0.2, 0) is 11.2 Å². The summed E-state index contributed by atoms with van der Waals surface area (Å²) in [6, 6.07) is 25.4. The maximum Gasteiger partial charge on any atom is 0.307 e. The van der Waals surface area contributed by atoms with Crippen LogP contribution < -0.4 is 14.4 Å². The van der Waals surface area contributed by atoms with Gasteiger partial charge in [0, 0.05) is 44.5 Å². The van der Waals surface area contributed by atoms with E-state index in [1.165, 1.54) is 5.69 Å². The van der Waals surface area contributed by atoms with E-state index in [9.17, 15) is 4.79 Å². The lowest BCUT2D eigenvalue weighted by atomic mass is 10.1. The van der Waals surface area contributed by atoms with Gasteiger partial charge in [-0.2, -0.15) is 0 Å². The van der Waals surface area contributed by atoms with Crippen molar-refractivity contribution in [3.05, 3.63) is 84.4 Å². The number of carbonyl (C=O) groups is 1. The van der Waals surface area contributed by atoms with Crippen LogP contribution in [0.25, 0.3) is 0 Å². The SMILES string of the molecule is O=C(O)Cc1ccc(OCCN2CCN(c3cccc(Oc4ccccc4)c3)CC2)cc1. The average molecular weight is 433 g/mol. The summed E-state index contributed by atoms with van der Waals surface area (Å²) in [5.74, 6) is 1.63. The number of benzene rings is 3. The molecule has 6 nitrogen and oxygen atoms in total. The van der Waals surface area contributed by atoms with Gasteiger partial charge in [0.1, 0.15) is 23.9 Å². The zero-order chi connectivity index (χ0) is 22.2. The number of para-hydroxylation sites is 1. The van der Waals surface area contributed by atoms with Crippen LogP contribution in [0.3, 0.4) is 0 Å². The Morgan fingerprint density at radius 3 is 2.25 bits per heavy atom. The number of aliphatic carboxylic acids is 1. The van der Waals surface area contributed by atoms with Crippen LogP contribution in [0.4, 0.5) is 5.69 Å². The van der Waals surface area contributed by atoms with Crippen LogP contribution >= 0.6 is 0 Å². The quantitative estimate of drug-likeness (QED) is 0.544. The summed E-state index contributed by atoms with van der Waals surface area (Å²) in [6.07, 6.45) is 0.0336. The predicted molar refractivity (Wildman–Crippen MR) is 125 cm³/mol. The van der Waals surface area contributed by atoms with Gasteiger partial charge in [0.25, 0.3) is 0 Å². The number of anilines is 1. The van der Waals surface area contributed by atoms with Gasteiger partial charge in [0.15, 0.2) is 0 Å². The third-order valence-electron chi connectivity index (χ3n) is 5.49. The molecule has 0 saturated carbocycles. The van der Waals surface area contributed by atoms with Gasteiger partial charge in [-0.3, -0.25) is 9.69 Å². The summed E-state index contributed by atoms with van der Waals surface area (Å²) in [5, 5.41) is 8.84. The van der Waals surface area contributed by atoms with Crippen LogP contribution in [0.15, 0.2) is 78.9 Å². The second-order valence-electron chi connectivity index (χ2n) is 7.80. The van der Waals surface area contributed by atoms with Crippen molar-refractivity contribution in [1.82, 2.24) is 4.90 Å². The second kappa shape index (κ2) is 10.7. The van der Waals surface area contributed by atoms with E-state index in [2.05, 4.69) is 21.9 Å². The van der Waals surface area contributed by atoms with Crippen molar-refractivity contribution < 1.29 is 19.4 Å². The van der Waals surface area contributed by atoms with E-state index in [-0.39, 0.29) is 6.42 Å². The molecule has 32 heavy (non-hydrogen) atoms. The van der Waals surface area contributed by atoms with Crippen LogP contribution in [0.2, 0.25) is 0 Å². The lowest BCUT2D eigenvalue weighted by molar-refractivity contribution is -0.136. The van der Waals surface area contributed by atoms with Gasteiger partial charge >= 0.3 is 5.97 Å². The molecule has 1 fully saturated rings. The molecular weight excluding hydrogens is 404 g/mol. The largest absolute Gasteiger partial charge is 0.492 e. The zero-order valence-corrected chi connectivity index (χ0v) is 18.0. The van der Waals surface area contributed by atoms with Crippen molar-refractivity contribution in [3.63, 3.8) is 0 Å². The molecule has 4 rings (SSSR count). The number of nitrogens with zero attached hydrogens (tertiary/aromatic N) is 2. The number of piperazine rings is 1. The fourth-order valence-electron chi connectivity index (χ4n) is 3.77. The van der Waals surface area contributed by atoms with Crippen LogP contribution in [0.1, 0.15) is 5.56 Å². The molecular formula is C26H28N2O4. The maximum absolute atomic E-state index is 10.8. The summed E-state index contributed by atoms with van der Waals surface area (Å²) in [6.45, 7) is 5.34. The Labute approximate surface area is 188 Å². The first kappa shape index (κ1) is 21.7. The topological polar surface area (TPSA) is 62.2 Å².